The van der Waals surface area contributed by atoms with Crippen LogP contribution in [0.15, 0.2) is 47.4 Å². The molecule has 11 heteroatoms. The zero-order chi connectivity index (χ0) is 27.5. The highest BCUT2D eigenvalue weighted by molar-refractivity contribution is 5.87. The molecular weight excluding hydrogens is 492 g/mol. The second-order valence-corrected chi connectivity index (χ2v) is 10.2. The van der Waals surface area contributed by atoms with E-state index in [1.807, 2.05) is 20.8 Å². The number of hydrogen-bond acceptors (Lipinski definition) is 8. The van der Waals surface area contributed by atoms with E-state index in [2.05, 4.69) is 15.3 Å². The van der Waals surface area contributed by atoms with Gasteiger partial charge in [0.1, 0.15) is 5.60 Å². The lowest BCUT2D eigenvalue weighted by Crippen LogP contribution is -2.44. The molecule has 0 spiro atoms. The largest absolute Gasteiger partial charge is 0.478 e. The van der Waals surface area contributed by atoms with Gasteiger partial charge in [-0.2, -0.15) is 0 Å². The Balaban J connectivity index is 0.000000190. The molecule has 1 amide bonds. The highest BCUT2D eigenvalue weighted by atomic mass is 16.6. The van der Waals surface area contributed by atoms with Crippen molar-refractivity contribution in [1.82, 2.24) is 14.9 Å². The number of carboxylic acid groups (broad SMARTS) is 1. The Hall–Kier alpha value is -3.44. The van der Waals surface area contributed by atoms with Crippen molar-refractivity contribution in [3.63, 3.8) is 0 Å². The summed E-state index contributed by atoms with van der Waals surface area (Å²) in [5.41, 5.74) is -0.323. The van der Waals surface area contributed by atoms with Crippen LogP contribution in [0.25, 0.3) is 0 Å². The molecule has 208 valence electrons. The molecule has 0 bridgehead atoms. The molecule has 3 aliphatic heterocycles. The average Bonchev–Trinajstić information content (AvgIpc) is 3.51. The highest BCUT2D eigenvalue weighted by Gasteiger charge is 2.33. The van der Waals surface area contributed by atoms with Gasteiger partial charge in [-0.1, -0.05) is 18.2 Å². The number of nitrogens with zero attached hydrogens (tertiary/aromatic N) is 2. The van der Waals surface area contributed by atoms with Crippen molar-refractivity contribution in [2.75, 3.05) is 31.6 Å². The number of carbonyl (C=O) groups is 2. The summed E-state index contributed by atoms with van der Waals surface area (Å²) in [7, 11) is 0. The average molecular weight is 531 g/mol. The molecule has 38 heavy (non-hydrogen) atoms. The fourth-order valence-corrected chi connectivity index (χ4v) is 4.17. The number of carbonyl (C=O) groups excluding carboxylic acids is 1. The third-order valence-corrected chi connectivity index (χ3v) is 6.06. The number of H-pyrrole nitrogens is 1. The minimum atomic E-state index is -0.879. The van der Waals surface area contributed by atoms with Crippen LogP contribution in [-0.2, 0) is 14.2 Å². The van der Waals surface area contributed by atoms with E-state index in [1.54, 1.807) is 35.2 Å². The molecule has 0 saturated carbocycles. The molecule has 3 N–H and O–H groups in total. The van der Waals surface area contributed by atoms with E-state index in [4.69, 9.17) is 19.3 Å². The molecule has 1 aromatic carbocycles. The number of likely N-dealkylation sites (tertiary alicyclic amines) is 1. The van der Waals surface area contributed by atoms with Gasteiger partial charge in [0.25, 0.3) is 5.56 Å². The number of anilines is 1. The van der Waals surface area contributed by atoms with E-state index < -0.39 is 11.6 Å². The van der Waals surface area contributed by atoms with Crippen LogP contribution in [0.2, 0.25) is 0 Å². The summed E-state index contributed by atoms with van der Waals surface area (Å²) in [6.45, 7) is 8.65. The summed E-state index contributed by atoms with van der Waals surface area (Å²) in [5.74, 6) is -0.409. The summed E-state index contributed by atoms with van der Waals surface area (Å²) < 4.78 is 16.1. The topological polar surface area (TPSA) is 143 Å². The van der Waals surface area contributed by atoms with Crippen LogP contribution in [0.5, 0.6) is 0 Å². The molecule has 0 aliphatic carbocycles. The second kappa shape index (κ2) is 13.9. The van der Waals surface area contributed by atoms with Gasteiger partial charge in [0.05, 0.1) is 17.8 Å². The van der Waals surface area contributed by atoms with Gasteiger partial charge in [0.15, 0.2) is 0 Å². The van der Waals surface area contributed by atoms with Gasteiger partial charge >= 0.3 is 12.1 Å². The third-order valence-electron chi connectivity index (χ3n) is 6.06. The molecule has 1 aromatic heterocycles. The monoisotopic (exact) mass is 530 g/mol. The van der Waals surface area contributed by atoms with E-state index in [0.29, 0.717) is 36.8 Å². The minimum Gasteiger partial charge on any atom is -0.478 e. The molecule has 3 fully saturated rings. The Morgan fingerprint density at radius 1 is 1.03 bits per heavy atom. The Bertz CT molecular complexity index is 1060. The SMILES string of the molecule is C1C[C@H]2OCC[C@H]2O1.CC(C)(C)OC(=O)N1CCC(Nc2nccc(=O)[nH]2)CC1.O=C(O)c1ccccc1. The summed E-state index contributed by atoms with van der Waals surface area (Å²) in [4.78, 5) is 41.8. The molecule has 3 aliphatic rings. The van der Waals surface area contributed by atoms with Gasteiger partial charge in [-0.05, 0) is 58.6 Å². The Morgan fingerprint density at radius 3 is 2.13 bits per heavy atom. The van der Waals surface area contributed by atoms with E-state index in [1.165, 1.54) is 12.3 Å². The Labute approximate surface area is 222 Å². The minimum absolute atomic E-state index is 0.182. The number of ether oxygens (including phenoxy) is 3. The number of carboxylic acids is 1. The maximum absolute atomic E-state index is 11.9. The number of aromatic carboxylic acids is 1. The first-order valence-electron chi connectivity index (χ1n) is 12.9. The molecule has 4 heterocycles. The zero-order valence-corrected chi connectivity index (χ0v) is 22.2. The van der Waals surface area contributed by atoms with Crippen molar-refractivity contribution < 1.29 is 28.9 Å². The number of piperidine rings is 1. The van der Waals surface area contributed by atoms with E-state index in [9.17, 15) is 14.4 Å². The van der Waals surface area contributed by atoms with Crippen LogP contribution in [0.4, 0.5) is 10.7 Å². The third kappa shape index (κ3) is 9.79. The zero-order valence-electron chi connectivity index (χ0n) is 22.2. The van der Waals surface area contributed by atoms with E-state index >= 15 is 0 Å². The molecule has 11 nitrogen and oxygen atoms in total. The summed E-state index contributed by atoms with van der Waals surface area (Å²) >= 11 is 0. The van der Waals surface area contributed by atoms with Crippen molar-refractivity contribution in [2.45, 2.75) is 70.3 Å². The van der Waals surface area contributed by atoms with Crippen molar-refractivity contribution in [3.8, 4) is 0 Å². The van der Waals surface area contributed by atoms with Crippen LogP contribution in [0.3, 0.4) is 0 Å². The number of hydrogen-bond donors (Lipinski definition) is 3. The maximum Gasteiger partial charge on any atom is 0.410 e. The Morgan fingerprint density at radius 2 is 1.63 bits per heavy atom. The van der Waals surface area contributed by atoms with Crippen molar-refractivity contribution >= 4 is 18.0 Å². The van der Waals surface area contributed by atoms with Crippen molar-refractivity contribution in [2.24, 2.45) is 0 Å². The van der Waals surface area contributed by atoms with Crippen molar-refractivity contribution in [3.05, 3.63) is 58.5 Å². The number of amides is 1. The first-order chi connectivity index (χ1) is 18.1. The first-order valence-corrected chi connectivity index (χ1v) is 12.9. The number of aromatic amines is 1. The summed E-state index contributed by atoms with van der Waals surface area (Å²) in [6, 6.07) is 9.86. The fraction of sp³-hybridized carbons (Fsp3) is 0.556. The quantitative estimate of drug-likeness (QED) is 0.543. The van der Waals surface area contributed by atoms with Crippen LogP contribution in [0.1, 0.15) is 56.8 Å². The van der Waals surface area contributed by atoms with Crippen molar-refractivity contribution in [1.29, 1.82) is 0 Å². The predicted octanol–water partition coefficient (Wildman–Crippen LogP) is 3.53. The molecular formula is C27H38N4O7. The van der Waals surface area contributed by atoms with E-state index in [-0.39, 0.29) is 17.7 Å². The van der Waals surface area contributed by atoms with Crippen LogP contribution >= 0.6 is 0 Å². The van der Waals surface area contributed by atoms with Crippen LogP contribution < -0.4 is 10.9 Å². The van der Waals surface area contributed by atoms with E-state index in [0.717, 1.165) is 38.9 Å². The molecule has 3 saturated heterocycles. The number of fused-ring (bicyclic) bond motifs is 1. The van der Waals surface area contributed by atoms with Gasteiger partial charge in [-0.3, -0.25) is 9.78 Å². The molecule has 2 atom stereocenters. The lowest BCUT2D eigenvalue weighted by atomic mass is 10.1. The number of aromatic nitrogens is 2. The molecule has 2 aromatic rings. The second-order valence-electron chi connectivity index (χ2n) is 10.2. The normalized spacial score (nSPS) is 20.8. The fourth-order valence-electron chi connectivity index (χ4n) is 4.17. The standard InChI is InChI=1S/C14H22N4O3.C7H6O2.C6H10O2/c1-14(2,3)21-13(20)18-8-5-10(6-9-18)16-12-15-7-4-11(19)17-12;8-7(9)6-4-2-1-3-5-6;1-3-7-6-2-4-8-5(1)6/h4,7,10H,5-6,8-9H2,1-3H3,(H2,15,16,17,19);1-5H,(H,8,9);5-6H,1-4H2/t;;5-,6-/m..1/s1. The smallest absolute Gasteiger partial charge is 0.410 e. The predicted molar refractivity (Wildman–Crippen MR) is 141 cm³/mol. The molecule has 5 rings (SSSR count). The van der Waals surface area contributed by atoms with Gasteiger partial charge < -0.3 is 29.5 Å². The lowest BCUT2D eigenvalue weighted by molar-refractivity contribution is 0.0210. The molecule has 0 unspecified atom stereocenters. The molecule has 0 radical (unpaired) electrons. The lowest BCUT2D eigenvalue weighted by Gasteiger charge is -2.33. The van der Waals surface area contributed by atoms with Gasteiger partial charge in [0, 0.05) is 44.6 Å². The summed E-state index contributed by atoms with van der Waals surface area (Å²) in [5, 5.41) is 11.6. The number of nitrogens with one attached hydrogen (secondary N) is 2. The Kier molecular flexibility index (Phi) is 10.7. The van der Waals surface area contributed by atoms with Crippen LogP contribution in [0, 0.1) is 0 Å². The number of rotatable bonds is 3. The van der Waals surface area contributed by atoms with Crippen LogP contribution in [-0.4, -0.2) is 82.2 Å². The highest BCUT2D eigenvalue weighted by Crippen LogP contribution is 2.25. The first kappa shape index (κ1) is 29.1. The summed E-state index contributed by atoms with van der Waals surface area (Å²) in [6.07, 6.45) is 5.92. The van der Waals surface area contributed by atoms with Gasteiger partial charge in [-0.15, -0.1) is 0 Å². The van der Waals surface area contributed by atoms with Gasteiger partial charge in [-0.25, -0.2) is 14.6 Å². The number of benzene rings is 1. The van der Waals surface area contributed by atoms with Gasteiger partial charge in [0.2, 0.25) is 5.95 Å². The maximum atomic E-state index is 11.9.